The van der Waals surface area contributed by atoms with Gasteiger partial charge in [-0.3, -0.25) is 19.3 Å². The van der Waals surface area contributed by atoms with Crippen LogP contribution in [0.5, 0.6) is 0 Å². The number of carbonyl (C=O) groups is 5. The van der Waals surface area contributed by atoms with E-state index >= 15 is 0 Å². The summed E-state index contributed by atoms with van der Waals surface area (Å²) in [5.41, 5.74) is 1.98. The van der Waals surface area contributed by atoms with Crippen LogP contribution in [0.2, 0.25) is 0 Å². The number of ether oxygens (including phenoxy) is 2. The largest absolute Gasteiger partial charge is 0.462 e. The number of benzene rings is 2. The summed E-state index contributed by atoms with van der Waals surface area (Å²) in [6.45, 7) is 4.67. The second-order valence-corrected chi connectivity index (χ2v) is 9.28. The molecule has 0 fully saturated rings. The van der Waals surface area contributed by atoms with E-state index in [-0.39, 0.29) is 39.9 Å². The van der Waals surface area contributed by atoms with Crippen LogP contribution in [0, 0.1) is 0 Å². The average Bonchev–Trinajstić information content (AvgIpc) is 3.41. The number of hydrogen-bond acceptors (Lipinski definition) is 8. The van der Waals surface area contributed by atoms with E-state index < -0.39 is 36.3 Å². The van der Waals surface area contributed by atoms with Crippen LogP contribution in [0.1, 0.15) is 62.2 Å². The number of rotatable bonds is 8. The fourth-order valence-electron chi connectivity index (χ4n) is 3.92. The first-order valence-corrected chi connectivity index (χ1v) is 12.4. The Kier molecular flexibility index (Phi) is 7.49. The lowest BCUT2D eigenvalue weighted by atomic mass is 10.0. The molecule has 1 N–H and O–H groups in total. The van der Waals surface area contributed by atoms with Gasteiger partial charge in [-0.1, -0.05) is 30.3 Å². The Hall–Kier alpha value is -4.31. The maximum absolute atomic E-state index is 12.7. The molecule has 0 unspecified atom stereocenters. The lowest BCUT2D eigenvalue weighted by Gasteiger charge is -2.17. The molecule has 1 aliphatic heterocycles. The first-order chi connectivity index (χ1) is 17.7. The van der Waals surface area contributed by atoms with Crippen LogP contribution in [0.4, 0.5) is 5.00 Å². The maximum Gasteiger partial charge on any atom is 0.341 e. The zero-order valence-corrected chi connectivity index (χ0v) is 21.2. The maximum atomic E-state index is 12.7. The second-order valence-electron chi connectivity index (χ2n) is 8.40. The summed E-state index contributed by atoms with van der Waals surface area (Å²) >= 11 is 1.15. The molecule has 37 heavy (non-hydrogen) atoms. The number of nitrogens with one attached hydrogen (secondary N) is 1. The van der Waals surface area contributed by atoms with Gasteiger partial charge in [-0.25, -0.2) is 9.59 Å². The molecule has 0 atom stereocenters. The first kappa shape index (κ1) is 25.8. The molecule has 2 aromatic carbocycles. The van der Waals surface area contributed by atoms with Gasteiger partial charge in [0, 0.05) is 17.0 Å². The molecule has 0 saturated carbocycles. The average molecular weight is 521 g/mol. The summed E-state index contributed by atoms with van der Waals surface area (Å²) in [6.07, 6.45) is 0. The van der Waals surface area contributed by atoms with Crippen molar-refractivity contribution in [2.45, 2.75) is 26.8 Å². The fraction of sp³-hybridized carbons (Fsp3) is 0.222. The molecular weight excluding hydrogens is 496 g/mol. The van der Waals surface area contributed by atoms with Crippen LogP contribution in [-0.4, -0.2) is 53.8 Å². The van der Waals surface area contributed by atoms with Crippen molar-refractivity contribution >= 4 is 46.0 Å². The highest BCUT2D eigenvalue weighted by Crippen LogP contribution is 2.36. The third-order valence-corrected chi connectivity index (χ3v) is 6.51. The van der Waals surface area contributed by atoms with Gasteiger partial charge in [-0.05, 0) is 44.5 Å². The predicted octanol–water partition coefficient (Wildman–Crippen LogP) is 4.39. The van der Waals surface area contributed by atoms with Crippen molar-refractivity contribution in [3.63, 3.8) is 0 Å². The van der Waals surface area contributed by atoms with Crippen molar-refractivity contribution < 1.29 is 33.4 Å². The van der Waals surface area contributed by atoms with Crippen molar-refractivity contribution in [1.82, 2.24) is 4.90 Å². The Balaban J connectivity index is 1.46. The molecule has 2 heterocycles. The van der Waals surface area contributed by atoms with Gasteiger partial charge >= 0.3 is 11.9 Å². The Morgan fingerprint density at radius 2 is 1.62 bits per heavy atom. The molecule has 1 aliphatic rings. The highest BCUT2D eigenvalue weighted by atomic mass is 32.1. The third-order valence-electron chi connectivity index (χ3n) is 5.61. The molecule has 0 radical (unpaired) electrons. The first-order valence-electron chi connectivity index (χ1n) is 11.6. The molecular formula is C27H24N2O7S. The number of hydrogen-bond donors (Lipinski definition) is 1. The summed E-state index contributed by atoms with van der Waals surface area (Å²) in [5.74, 6) is -2.97. The number of nitrogens with zero attached hydrogens (tertiary/aromatic N) is 1. The molecule has 190 valence electrons. The van der Waals surface area contributed by atoms with Gasteiger partial charge in [0.2, 0.25) is 0 Å². The Morgan fingerprint density at radius 1 is 0.919 bits per heavy atom. The number of esters is 2. The normalized spacial score (nSPS) is 12.5. The summed E-state index contributed by atoms with van der Waals surface area (Å²) < 4.78 is 10.3. The van der Waals surface area contributed by atoms with Crippen LogP contribution in [0.15, 0.2) is 53.9 Å². The molecule has 1 aromatic heterocycles. The Bertz CT molecular complexity index is 1390. The van der Waals surface area contributed by atoms with Crippen LogP contribution in [0.3, 0.4) is 0 Å². The van der Waals surface area contributed by atoms with Gasteiger partial charge < -0.3 is 14.8 Å². The van der Waals surface area contributed by atoms with E-state index in [9.17, 15) is 24.0 Å². The van der Waals surface area contributed by atoms with Crippen molar-refractivity contribution in [2.75, 3.05) is 18.5 Å². The topological polar surface area (TPSA) is 119 Å². The van der Waals surface area contributed by atoms with E-state index in [1.807, 2.05) is 30.3 Å². The smallest absolute Gasteiger partial charge is 0.341 e. The summed E-state index contributed by atoms with van der Waals surface area (Å²) in [7, 11) is 0. The number of carbonyl (C=O) groups excluding carboxylic acids is 5. The van der Waals surface area contributed by atoms with Gasteiger partial charge in [-0.2, -0.15) is 0 Å². The van der Waals surface area contributed by atoms with Crippen molar-refractivity contribution in [1.29, 1.82) is 0 Å². The van der Waals surface area contributed by atoms with Gasteiger partial charge in [0.05, 0.1) is 23.3 Å². The minimum atomic E-state index is -0.831. The molecule has 0 aliphatic carbocycles. The van der Waals surface area contributed by atoms with E-state index in [4.69, 9.17) is 9.47 Å². The van der Waals surface area contributed by atoms with Crippen molar-refractivity contribution in [2.24, 2.45) is 0 Å². The molecule has 0 spiro atoms. The van der Waals surface area contributed by atoms with Crippen LogP contribution in [0.25, 0.3) is 11.1 Å². The quantitative estimate of drug-likeness (QED) is 0.346. The van der Waals surface area contributed by atoms with Gasteiger partial charge in [0.1, 0.15) is 10.6 Å². The molecule has 0 saturated heterocycles. The lowest BCUT2D eigenvalue weighted by molar-refractivity contribution is -0.119. The number of thiophene rings is 1. The lowest BCUT2D eigenvalue weighted by Crippen LogP contribution is -2.35. The number of anilines is 1. The van der Waals surface area contributed by atoms with E-state index in [2.05, 4.69) is 5.32 Å². The van der Waals surface area contributed by atoms with Crippen LogP contribution < -0.4 is 5.32 Å². The molecule has 3 aromatic rings. The molecule has 4 rings (SSSR count). The van der Waals surface area contributed by atoms with Crippen LogP contribution in [-0.2, 0) is 14.3 Å². The van der Waals surface area contributed by atoms with Crippen molar-refractivity contribution in [3.05, 3.63) is 76.2 Å². The zero-order valence-electron chi connectivity index (χ0n) is 20.4. The van der Waals surface area contributed by atoms with Gasteiger partial charge in [0.25, 0.3) is 17.7 Å². The number of fused-ring (bicyclic) bond motifs is 1. The van der Waals surface area contributed by atoms with Gasteiger partial charge in [0.15, 0.2) is 6.61 Å². The van der Waals surface area contributed by atoms with Crippen molar-refractivity contribution in [3.8, 4) is 11.1 Å². The third kappa shape index (κ3) is 5.14. The van der Waals surface area contributed by atoms with E-state index in [0.29, 0.717) is 5.56 Å². The molecule has 3 amide bonds. The van der Waals surface area contributed by atoms with Gasteiger partial charge in [-0.15, -0.1) is 11.3 Å². The number of amides is 3. The highest BCUT2D eigenvalue weighted by molar-refractivity contribution is 7.15. The molecule has 9 nitrogen and oxygen atoms in total. The molecule has 10 heteroatoms. The zero-order chi connectivity index (χ0) is 26.7. The fourth-order valence-corrected chi connectivity index (χ4v) is 4.89. The van der Waals surface area contributed by atoms with E-state index in [1.54, 1.807) is 26.2 Å². The minimum absolute atomic E-state index is 0.0352. The summed E-state index contributed by atoms with van der Waals surface area (Å²) in [4.78, 5) is 64.0. The SMILES string of the molecule is CCOC(=O)c1c(-c2ccccc2)csc1NC(=O)COC(=O)c1ccc2c(c1)C(=O)N(C(C)C)C2=O. The number of imide groups is 1. The van der Waals surface area contributed by atoms with Crippen LogP contribution >= 0.6 is 11.3 Å². The standard InChI is InChI=1S/C27H24N2O7S/c1-4-35-27(34)22-20(16-8-6-5-7-9-16)14-37-23(22)28-21(30)13-36-26(33)17-10-11-18-19(12-17)25(32)29(15(2)3)24(18)31/h5-12,14-15H,4,13H2,1-3H3,(H,28,30). The second kappa shape index (κ2) is 10.8. The minimum Gasteiger partial charge on any atom is -0.462 e. The summed E-state index contributed by atoms with van der Waals surface area (Å²) in [6, 6.07) is 12.9. The summed E-state index contributed by atoms with van der Waals surface area (Å²) in [5, 5.41) is 4.63. The van der Waals surface area contributed by atoms with E-state index in [1.165, 1.54) is 18.2 Å². The predicted molar refractivity (Wildman–Crippen MR) is 137 cm³/mol. The Morgan fingerprint density at radius 3 is 2.30 bits per heavy atom. The highest BCUT2D eigenvalue weighted by Gasteiger charge is 2.37. The monoisotopic (exact) mass is 520 g/mol. The van der Waals surface area contributed by atoms with E-state index in [0.717, 1.165) is 21.8 Å². The Labute approximate surface area is 217 Å². The molecule has 0 bridgehead atoms.